The number of nitrogens with one attached hydrogen (secondary N) is 2. The van der Waals surface area contributed by atoms with Gasteiger partial charge in [-0.05, 0) is 0 Å². The van der Waals surface area contributed by atoms with Crippen LogP contribution in [-0.2, 0) is 0 Å². The predicted molar refractivity (Wildman–Crippen MR) is 51.2 cm³/mol. The lowest BCUT2D eigenvalue weighted by molar-refractivity contribution is 0.241. The largest absolute Gasteiger partial charge is 0.329 e. The predicted octanol–water partition coefficient (Wildman–Crippen LogP) is -1.56. The number of nitrogens with zero attached hydrogens (tertiary/aromatic N) is 1. The summed E-state index contributed by atoms with van der Waals surface area (Å²) in [5.74, 6) is 0. The van der Waals surface area contributed by atoms with Crippen molar-refractivity contribution in [1.29, 1.82) is 0 Å². The summed E-state index contributed by atoms with van der Waals surface area (Å²) in [5, 5.41) is 6.63. The first-order valence-corrected chi connectivity index (χ1v) is 4.77. The topological polar surface area (TPSA) is 53.3 Å². The Morgan fingerprint density at radius 1 is 1.25 bits per heavy atom. The summed E-state index contributed by atoms with van der Waals surface area (Å²) < 4.78 is 0. The van der Waals surface area contributed by atoms with Gasteiger partial charge in [-0.15, -0.1) is 0 Å². The van der Waals surface area contributed by atoms with Crippen LogP contribution in [0.1, 0.15) is 0 Å². The number of rotatable bonds is 5. The molecule has 0 atom stereocenters. The van der Waals surface area contributed by atoms with Gasteiger partial charge in [0.25, 0.3) is 0 Å². The lowest BCUT2D eigenvalue weighted by Gasteiger charge is -2.27. The molecule has 0 spiro atoms. The third-order valence-corrected chi connectivity index (χ3v) is 2.14. The van der Waals surface area contributed by atoms with Crippen molar-refractivity contribution in [3.63, 3.8) is 0 Å². The number of hydrogen-bond acceptors (Lipinski definition) is 4. The van der Waals surface area contributed by atoms with E-state index < -0.39 is 0 Å². The Hall–Kier alpha value is -0.160. The van der Waals surface area contributed by atoms with Gasteiger partial charge in [0.15, 0.2) is 0 Å². The van der Waals surface area contributed by atoms with Crippen molar-refractivity contribution in [1.82, 2.24) is 15.5 Å². The summed E-state index contributed by atoms with van der Waals surface area (Å²) in [6.07, 6.45) is 0. The van der Waals surface area contributed by atoms with Crippen molar-refractivity contribution in [3.8, 4) is 0 Å². The summed E-state index contributed by atoms with van der Waals surface area (Å²) in [4.78, 5) is 2.47. The minimum Gasteiger partial charge on any atom is -0.329 e. The molecule has 0 bridgehead atoms. The smallest absolute Gasteiger partial charge is 0.0108 e. The summed E-state index contributed by atoms with van der Waals surface area (Å²) in [6.45, 7) is 8.54. The Kier molecular flexibility index (Phi) is 5.27. The highest BCUT2D eigenvalue weighted by Gasteiger charge is 2.07. The average Bonchev–Trinajstić information content (AvgIpc) is 2.14. The molecule has 0 amide bonds. The fourth-order valence-corrected chi connectivity index (χ4v) is 1.40. The van der Waals surface area contributed by atoms with Crippen molar-refractivity contribution >= 4 is 0 Å². The molecule has 1 fully saturated rings. The molecule has 0 aromatic rings. The van der Waals surface area contributed by atoms with Crippen LogP contribution in [0.4, 0.5) is 0 Å². The van der Waals surface area contributed by atoms with E-state index in [1.54, 1.807) is 0 Å². The van der Waals surface area contributed by atoms with Gasteiger partial charge < -0.3 is 16.4 Å². The van der Waals surface area contributed by atoms with Crippen LogP contribution in [0, 0.1) is 0 Å². The first kappa shape index (κ1) is 9.92. The van der Waals surface area contributed by atoms with Gasteiger partial charge in [0.2, 0.25) is 0 Å². The van der Waals surface area contributed by atoms with E-state index in [4.69, 9.17) is 5.73 Å². The highest BCUT2D eigenvalue weighted by atomic mass is 15.2. The monoisotopic (exact) mass is 172 g/mol. The normalized spacial score (nSPS) is 19.8. The van der Waals surface area contributed by atoms with Crippen LogP contribution in [-0.4, -0.2) is 57.3 Å². The molecule has 4 heteroatoms. The molecule has 72 valence electrons. The Balaban J connectivity index is 1.91. The van der Waals surface area contributed by atoms with Gasteiger partial charge in [-0.2, -0.15) is 0 Å². The minimum atomic E-state index is 0.738. The highest BCUT2D eigenvalue weighted by molar-refractivity contribution is 4.67. The molecular weight excluding hydrogens is 152 g/mol. The molecule has 1 saturated heterocycles. The van der Waals surface area contributed by atoms with Gasteiger partial charge >= 0.3 is 0 Å². The van der Waals surface area contributed by atoms with Gasteiger partial charge in [0, 0.05) is 52.4 Å². The Labute approximate surface area is 74.5 Å². The van der Waals surface area contributed by atoms with Crippen LogP contribution in [0.5, 0.6) is 0 Å². The molecule has 0 radical (unpaired) electrons. The molecule has 0 aromatic carbocycles. The van der Waals surface area contributed by atoms with E-state index in [-0.39, 0.29) is 0 Å². The third-order valence-electron chi connectivity index (χ3n) is 2.14. The zero-order valence-electron chi connectivity index (χ0n) is 7.68. The van der Waals surface area contributed by atoms with E-state index >= 15 is 0 Å². The van der Waals surface area contributed by atoms with Crippen LogP contribution in [0.3, 0.4) is 0 Å². The van der Waals surface area contributed by atoms with E-state index in [1.165, 1.54) is 13.1 Å². The van der Waals surface area contributed by atoms with Crippen LogP contribution in [0.25, 0.3) is 0 Å². The van der Waals surface area contributed by atoms with Gasteiger partial charge in [-0.1, -0.05) is 0 Å². The van der Waals surface area contributed by atoms with Crippen LogP contribution >= 0.6 is 0 Å². The van der Waals surface area contributed by atoms with Crippen LogP contribution in [0.2, 0.25) is 0 Å². The summed E-state index contributed by atoms with van der Waals surface area (Å²) in [7, 11) is 0. The third kappa shape index (κ3) is 4.01. The van der Waals surface area contributed by atoms with Gasteiger partial charge in [0.05, 0.1) is 0 Å². The zero-order valence-corrected chi connectivity index (χ0v) is 7.68. The first-order valence-electron chi connectivity index (χ1n) is 4.77. The lowest BCUT2D eigenvalue weighted by Crippen LogP contribution is -2.46. The van der Waals surface area contributed by atoms with E-state index in [0.29, 0.717) is 0 Å². The SMILES string of the molecule is NCCNCCN1CCNCC1. The first-order chi connectivity index (χ1) is 5.93. The molecule has 0 aromatic heterocycles. The van der Waals surface area contributed by atoms with E-state index in [2.05, 4.69) is 15.5 Å². The van der Waals surface area contributed by atoms with Gasteiger partial charge in [-0.3, -0.25) is 4.90 Å². The van der Waals surface area contributed by atoms with Crippen molar-refractivity contribution < 1.29 is 0 Å². The number of piperazine rings is 1. The summed E-state index contributed by atoms with van der Waals surface area (Å²) >= 11 is 0. The minimum absolute atomic E-state index is 0.738. The quantitative estimate of drug-likeness (QED) is 0.439. The lowest BCUT2D eigenvalue weighted by atomic mass is 10.3. The molecule has 1 aliphatic rings. The fraction of sp³-hybridized carbons (Fsp3) is 1.00. The van der Waals surface area contributed by atoms with Crippen LogP contribution in [0.15, 0.2) is 0 Å². The fourth-order valence-electron chi connectivity index (χ4n) is 1.40. The average molecular weight is 172 g/mol. The standard InChI is InChI=1S/C8H20N4/c9-1-2-10-3-6-12-7-4-11-5-8-12/h10-11H,1-9H2. The molecule has 0 saturated carbocycles. The van der Waals surface area contributed by atoms with Gasteiger partial charge in [0.1, 0.15) is 0 Å². The zero-order chi connectivity index (χ0) is 8.65. The highest BCUT2D eigenvalue weighted by Crippen LogP contribution is 1.89. The molecule has 0 aliphatic carbocycles. The maximum atomic E-state index is 5.36. The van der Waals surface area contributed by atoms with Crippen LogP contribution < -0.4 is 16.4 Å². The number of nitrogens with two attached hydrogens (primary N) is 1. The molecule has 1 rings (SSSR count). The van der Waals surface area contributed by atoms with E-state index in [0.717, 1.165) is 39.3 Å². The molecule has 1 heterocycles. The second kappa shape index (κ2) is 6.37. The van der Waals surface area contributed by atoms with Crippen molar-refractivity contribution in [3.05, 3.63) is 0 Å². The molecule has 1 aliphatic heterocycles. The molecule has 4 nitrogen and oxygen atoms in total. The Morgan fingerprint density at radius 2 is 2.00 bits per heavy atom. The maximum absolute atomic E-state index is 5.36. The molecule has 4 N–H and O–H groups in total. The van der Waals surface area contributed by atoms with Crippen molar-refractivity contribution in [2.24, 2.45) is 5.73 Å². The van der Waals surface area contributed by atoms with Gasteiger partial charge in [-0.25, -0.2) is 0 Å². The maximum Gasteiger partial charge on any atom is 0.0108 e. The Morgan fingerprint density at radius 3 is 2.67 bits per heavy atom. The molecule has 12 heavy (non-hydrogen) atoms. The molecular formula is C8H20N4. The van der Waals surface area contributed by atoms with Crippen molar-refractivity contribution in [2.45, 2.75) is 0 Å². The summed E-state index contributed by atoms with van der Waals surface area (Å²) in [5.41, 5.74) is 5.36. The number of hydrogen-bond donors (Lipinski definition) is 3. The van der Waals surface area contributed by atoms with E-state index in [9.17, 15) is 0 Å². The molecule has 0 unspecified atom stereocenters. The second-order valence-electron chi connectivity index (χ2n) is 3.13. The Bertz CT molecular complexity index is 101. The summed E-state index contributed by atoms with van der Waals surface area (Å²) in [6, 6.07) is 0. The van der Waals surface area contributed by atoms with Crippen molar-refractivity contribution in [2.75, 3.05) is 52.4 Å². The van der Waals surface area contributed by atoms with E-state index in [1.807, 2.05) is 0 Å². The second-order valence-corrected chi connectivity index (χ2v) is 3.13.